The number of halogens is 2. The lowest BCUT2D eigenvalue weighted by molar-refractivity contribution is -0.132. The number of hydrogen-bond donors (Lipinski definition) is 2. The number of benzene rings is 2. The van der Waals surface area contributed by atoms with Crippen LogP contribution in [-0.4, -0.2) is 29.9 Å². The van der Waals surface area contributed by atoms with E-state index in [0.29, 0.717) is 31.5 Å². The van der Waals surface area contributed by atoms with Gasteiger partial charge in [-0.2, -0.15) is 0 Å². The van der Waals surface area contributed by atoms with Gasteiger partial charge in [0, 0.05) is 13.1 Å². The molecule has 1 atom stereocenters. The Labute approximate surface area is 162 Å². The summed E-state index contributed by atoms with van der Waals surface area (Å²) in [5.41, 5.74) is 6.42. The molecular weight excluding hydrogens is 364 g/mol. The number of hydrogen-bond acceptors (Lipinski definition) is 2. The standard InChI is InChI=1S/C21H23F2N3O2/c22-17-8-4-7-16(20(17)23)14-9-11-26(12-10-14)19(27)13-18(25-21(24)28)15-5-2-1-3-6-15/h1-8,14,18H,9-13H2,(H3,24,25,28). The zero-order valence-electron chi connectivity index (χ0n) is 15.4. The van der Waals surface area contributed by atoms with E-state index in [4.69, 9.17) is 5.73 Å². The molecule has 28 heavy (non-hydrogen) atoms. The largest absolute Gasteiger partial charge is 0.352 e. The Balaban J connectivity index is 1.62. The maximum Gasteiger partial charge on any atom is 0.312 e. The molecule has 5 nitrogen and oxygen atoms in total. The molecule has 3 N–H and O–H groups in total. The van der Waals surface area contributed by atoms with Gasteiger partial charge in [-0.25, -0.2) is 13.6 Å². The number of nitrogens with zero attached hydrogens (tertiary/aromatic N) is 1. The number of nitrogens with one attached hydrogen (secondary N) is 1. The molecule has 1 heterocycles. The Bertz CT molecular complexity index is 837. The van der Waals surface area contributed by atoms with E-state index in [1.54, 1.807) is 11.0 Å². The molecule has 2 aromatic carbocycles. The summed E-state index contributed by atoms with van der Waals surface area (Å²) >= 11 is 0. The first kappa shape index (κ1) is 19.8. The van der Waals surface area contributed by atoms with Crippen LogP contribution in [0.2, 0.25) is 0 Å². The molecule has 1 saturated heterocycles. The lowest BCUT2D eigenvalue weighted by Crippen LogP contribution is -2.41. The van der Waals surface area contributed by atoms with Crippen LogP contribution < -0.4 is 11.1 Å². The van der Waals surface area contributed by atoms with Gasteiger partial charge in [0.05, 0.1) is 12.5 Å². The van der Waals surface area contributed by atoms with Crippen LogP contribution in [0.25, 0.3) is 0 Å². The molecule has 0 radical (unpaired) electrons. The maximum absolute atomic E-state index is 14.0. The van der Waals surface area contributed by atoms with Crippen molar-refractivity contribution in [2.75, 3.05) is 13.1 Å². The Morgan fingerprint density at radius 2 is 1.75 bits per heavy atom. The van der Waals surface area contributed by atoms with Crippen molar-refractivity contribution >= 4 is 11.9 Å². The van der Waals surface area contributed by atoms with E-state index in [-0.39, 0.29) is 18.2 Å². The zero-order valence-corrected chi connectivity index (χ0v) is 15.4. The molecule has 7 heteroatoms. The molecule has 148 valence electrons. The van der Waals surface area contributed by atoms with Crippen molar-refractivity contribution < 1.29 is 18.4 Å². The molecule has 3 rings (SSSR count). The minimum absolute atomic E-state index is 0.0892. The molecule has 0 saturated carbocycles. The minimum Gasteiger partial charge on any atom is -0.352 e. The van der Waals surface area contributed by atoms with E-state index >= 15 is 0 Å². The molecule has 1 aliphatic rings. The van der Waals surface area contributed by atoms with Gasteiger partial charge in [0.25, 0.3) is 0 Å². The number of urea groups is 1. The average Bonchev–Trinajstić information content (AvgIpc) is 2.70. The molecular formula is C21H23F2N3O2. The predicted octanol–water partition coefficient (Wildman–Crippen LogP) is 3.47. The SMILES string of the molecule is NC(=O)NC(CC(=O)N1CCC(c2cccc(F)c2F)CC1)c1ccccc1. The highest BCUT2D eigenvalue weighted by atomic mass is 19.2. The van der Waals surface area contributed by atoms with Gasteiger partial charge in [0.15, 0.2) is 11.6 Å². The number of carbonyl (C=O) groups excluding carboxylic acids is 2. The molecule has 1 unspecified atom stereocenters. The van der Waals surface area contributed by atoms with Crippen molar-refractivity contribution in [3.05, 3.63) is 71.3 Å². The Hall–Kier alpha value is -2.96. The molecule has 3 amide bonds. The summed E-state index contributed by atoms with van der Waals surface area (Å²) in [6, 6.07) is 12.2. The summed E-state index contributed by atoms with van der Waals surface area (Å²) < 4.78 is 27.5. The van der Waals surface area contributed by atoms with Crippen molar-refractivity contribution in [1.82, 2.24) is 10.2 Å². The van der Waals surface area contributed by atoms with Crippen LogP contribution in [-0.2, 0) is 4.79 Å². The van der Waals surface area contributed by atoms with E-state index in [2.05, 4.69) is 5.32 Å². The van der Waals surface area contributed by atoms with E-state index in [9.17, 15) is 18.4 Å². The lowest BCUT2D eigenvalue weighted by atomic mass is 9.88. The monoisotopic (exact) mass is 387 g/mol. The van der Waals surface area contributed by atoms with E-state index < -0.39 is 23.7 Å². The van der Waals surface area contributed by atoms with Gasteiger partial charge in [0.2, 0.25) is 5.91 Å². The van der Waals surface area contributed by atoms with Crippen LogP contribution in [0.1, 0.15) is 42.3 Å². The summed E-state index contributed by atoms with van der Waals surface area (Å²) in [6.45, 7) is 0.912. The van der Waals surface area contributed by atoms with Crippen molar-refractivity contribution in [3.63, 3.8) is 0 Å². The Morgan fingerprint density at radius 1 is 1.07 bits per heavy atom. The van der Waals surface area contributed by atoms with Gasteiger partial charge in [-0.3, -0.25) is 4.79 Å². The normalized spacial score (nSPS) is 15.9. The second-order valence-electron chi connectivity index (χ2n) is 6.97. The number of rotatable bonds is 5. The fourth-order valence-corrected chi connectivity index (χ4v) is 3.69. The van der Waals surface area contributed by atoms with E-state index in [1.165, 1.54) is 6.07 Å². The molecule has 0 aliphatic carbocycles. The first-order chi connectivity index (χ1) is 13.5. The summed E-state index contributed by atoms with van der Waals surface area (Å²) in [5, 5.41) is 2.61. The molecule has 1 aliphatic heterocycles. The number of carbonyl (C=O) groups is 2. The van der Waals surface area contributed by atoms with Gasteiger partial charge in [-0.1, -0.05) is 42.5 Å². The molecule has 0 bridgehead atoms. The maximum atomic E-state index is 14.0. The van der Waals surface area contributed by atoms with E-state index in [1.807, 2.05) is 30.3 Å². The summed E-state index contributed by atoms with van der Waals surface area (Å²) in [4.78, 5) is 25.7. The lowest BCUT2D eigenvalue weighted by Gasteiger charge is -2.33. The van der Waals surface area contributed by atoms with Gasteiger partial charge < -0.3 is 16.0 Å². The van der Waals surface area contributed by atoms with Gasteiger partial charge in [-0.05, 0) is 36.0 Å². The highest BCUT2D eigenvalue weighted by Gasteiger charge is 2.28. The first-order valence-electron chi connectivity index (χ1n) is 9.28. The third-order valence-corrected chi connectivity index (χ3v) is 5.17. The molecule has 1 fully saturated rings. The molecule has 0 spiro atoms. The Kier molecular flexibility index (Phi) is 6.23. The summed E-state index contributed by atoms with van der Waals surface area (Å²) in [7, 11) is 0. The fraction of sp³-hybridized carbons (Fsp3) is 0.333. The van der Waals surface area contributed by atoms with Crippen molar-refractivity contribution in [2.24, 2.45) is 5.73 Å². The number of nitrogens with two attached hydrogens (primary N) is 1. The summed E-state index contributed by atoms with van der Waals surface area (Å²) in [6.07, 6.45) is 1.21. The fourth-order valence-electron chi connectivity index (χ4n) is 3.69. The number of piperidine rings is 1. The number of primary amides is 1. The van der Waals surface area contributed by atoms with Crippen LogP contribution in [0.3, 0.4) is 0 Å². The van der Waals surface area contributed by atoms with Crippen LogP contribution in [0.4, 0.5) is 13.6 Å². The van der Waals surface area contributed by atoms with Crippen molar-refractivity contribution in [3.8, 4) is 0 Å². The number of likely N-dealkylation sites (tertiary alicyclic amines) is 1. The highest BCUT2D eigenvalue weighted by molar-refractivity contribution is 5.79. The number of amides is 3. The third kappa shape index (κ3) is 4.65. The average molecular weight is 387 g/mol. The topological polar surface area (TPSA) is 75.4 Å². The Morgan fingerprint density at radius 3 is 2.39 bits per heavy atom. The van der Waals surface area contributed by atoms with Crippen LogP contribution in [0.5, 0.6) is 0 Å². The zero-order chi connectivity index (χ0) is 20.1. The first-order valence-corrected chi connectivity index (χ1v) is 9.28. The molecule has 2 aromatic rings. The van der Waals surface area contributed by atoms with Crippen molar-refractivity contribution in [1.29, 1.82) is 0 Å². The van der Waals surface area contributed by atoms with E-state index in [0.717, 1.165) is 11.6 Å². The van der Waals surface area contributed by atoms with Gasteiger partial charge in [-0.15, -0.1) is 0 Å². The highest BCUT2D eigenvalue weighted by Crippen LogP contribution is 2.31. The third-order valence-electron chi connectivity index (χ3n) is 5.17. The quantitative estimate of drug-likeness (QED) is 0.824. The van der Waals surface area contributed by atoms with Crippen LogP contribution >= 0.6 is 0 Å². The minimum atomic E-state index is -0.848. The molecule has 0 aromatic heterocycles. The second-order valence-corrected chi connectivity index (χ2v) is 6.97. The second kappa shape index (κ2) is 8.82. The van der Waals surface area contributed by atoms with Crippen LogP contribution in [0, 0.1) is 11.6 Å². The van der Waals surface area contributed by atoms with Crippen molar-refractivity contribution in [2.45, 2.75) is 31.2 Å². The van der Waals surface area contributed by atoms with Gasteiger partial charge in [0.1, 0.15) is 0 Å². The van der Waals surface area contributed by atoms with Gasteiger partial charge >= 0.3 is 6.03 Å². The smallest absolute Gasteiger partial charge is 0.312 e. The predicted molar refractivity (Wildman–Crippen MR) is 101 cm³/mol. The van der Waals surface area contributed by atoms with Crippen LogP contribution in [0.15, 0.2) is 48.5 Å². The summed E-state index contributed by atoms with van der Waals surface area (Å²) in [5.74, 6) is -1.88.